The van der Waals surface area contributed by atoms with Gasteiger partial charge < -0.3 is 10.2 Å². The van der Waals surface area contributed by atoms with Crippen molar-refractivity contribution in [3.05, 3.63) is 36.4 Å². The van der Waals surface area contributed by atoms with Crippen molar-refractivity contribution in [2.24, 2.45) is 11.8 Å². The summed E-state index contributed by atoms with van der Waals surface area (Å²) in [6.45, 7) is 1.93. The summed E-state index contributed by atoms with van der Waals surface area (Å²) in [5.41, 5.74) is 1.84. The number of allylic oxidation sites excluding steroid dienone is 2. The number of piperidine rings is 1. The first kappa shape index (κ1) is 17.8. The number of carbonyl (C=O) groups excluding carboxylic acids is 3. The number of imide groups is 1. The lowest BCUT2D eigenvalue weighted by Gasteiger charge is -2.28. The van der Waals surface area contributed by atoms with E-state index in [-0.39, 0.29) is 36.1 Å². The number of fused-ring (bicyclic) bond motifs is 1. The Morgan fingerprint density at radius 1 is 0.926 bits per heavy atom. The van der Waals surface area contributed by atoms with Gasteiger partial charge in [0, 0.05) is 24.5 Å². The molecule has 0 aromatic heterocycles. The molecule has 1 aliphatic carbocycles. The molecule has 0 bridgehead atoms. The van der Waals surface area contributed by atoms with Crippen LogP contribution in [-0.4, -0.2) is 42.3 Å². The first-order valence-corrected chi connectivity index (χ1v) is 9.78. The Morgan fingerprint density at radius 2 is 1.52 bits per heavy atom. The summed E-state index contributed by atoms with van der Waals surface area (Å²) in [4.78, 5) is 40.7. The van der Waals surface area contributed by atoms with Crippen LogP contribution in [0.25, 0.3) is 0 Å². The van der Waals surface area contributed by atoms with Crippen LogP contribution < -0.4 is 10.2 Å². The van der Waals surface area contributed by atoms with Crippen LogP contribution in [0.15, 0.2) is 36.4 Å². The molecule has 2 heterocycles. The maximum atomic E-state index is 12.4. The van der Waals surface area contributed by atoms with Gasteiger partial charge in [-0.2, -0.15) is 0 Å². The number of benzene rings is 1. The van der Waals surface area contributed by atoms with Crippen LogP contribution >= 0.6 is 0 Å². The molecule has 27 heavy (non-hydrogen) atoms. The van der Waals surface area contributed by atoms with E-state index < -0.39 is 0 Å². The summed E-state index contributed by atoms with van der Waals surface area (Å²) >= 11 is 0. The molecule has 2 aliphatic heterocycles. The Hall–Kier alpha value is -2.63. The van der Waals surface area contributed by atoms with Gasteiger partial charge in [0.05, 0.1) is 11.8 Å². The van der Waals surface area contributed by atoms with Crippen LogP contribution in [0.5, 0.6) is 0 Å². The minimum Gasteiger partial charge on any atom is -0.372 e. The zero-order valence-electron chi connectivity index (χ0n) is 15.4. The number of nitrogens with zero attached hydrogens (tertiary/aromatic N) is 2. The van der Waals surface area contributed by atoms with E-state index >= 15 is 0 Å². The molecule has 0 unspecified atom stereocenters. The van der Waals surface area contributed by atoms with Crippen molar-refractivity contribution < 1.29 is 14.4 Å². The third kappa shape index (κ3) is 3.61. The average Bonchev–Trinajstić information content (AvgIpc) is 2.94. The number of anilines is 2. The number of nitrogens with one attached hydrogen (secondary N) is 1. The summed E-state index contributed by atoms with van der Waals surface area (Å²) in [7, 11) is 0. The van der Waals surface area contributed by atoms with Crippen molar-refractivity contribution in [2.75, 3.05) is 29.9 Å². The van der Waals surface area contributed by atoms with Gasteiger partial charge in [-0.25, -0.2) is 0 Å². The predicted molar refractivity (Wildman–Crippen MR) is 103 cm³/mol. The number of amides is 3. The Kier molecular flexibility index (Phi) is 4.97. The standard InChI is InChI=1S/C21H25N3O3/c25-19(14-24-20(26)17-6-2-3-7-18(17)21(24)27)22-15-8-10-16(11-9-15)23-12-4-1-5-13-23/h2-3,8-11,17-18H,1,4-7,12-14H2,(H,22,25)/t17-,18-/m1/s1. The van der Waals surface area contributed by atoms with E-state index in [2.05, 4.69) is 10.2 Å². The lowest BCUT2D eigenvalue weighted by molar-refractivity contribution is -0.142. The zero-order chi connectivity index (χ0) is 18.8. The van der Waals surface area contributed by atoms with Gasteiger partial charge in [-0.15, -0.1) is 0 Å². The second-order valence-electron chi connectivity index (χ2n) is 7.56. The number of rotatable bonds is 4. The Balaban J connectivity index is 1.35. The first-order chi connectivity index (χ1) is 13.1. The fourth-order valence-electron chi connectivity index (χ4n) is 4.28. The molecule has 0 spiro atoms. The van der Waals surface area contributed by atoms with E-state index in [0.29, 0.717) is 18.5 Å². The fourth-order valence-corrected chi connectivity index (χ4v) is 4.28. The van der Waals surface area contributed by atoms with Crippen molar-refractivity contribution in [1.29, 1.82) is 0 Å². The fraction of sp³-hybridized carbons (Fsp3) is 0.476. The van der Waals surface area contributed by atoms with Crippen molar-refractivity contribution in [3.63, 3.8) is 0 Å². The van der Waals surface area contributed by atoms with Gasteiger partial charge in [0.1, 0.15) is 6.54 Å². The molecule has 0 radical (unpaired) electrons. The van der Waals surface area contributed by atoms with Crippen molar-refractivity contribution >= 4 is 29.1 Å². The highest BCUT2D eigenvalue weighted by molar-refractivity contribution is 6.08. The monoisotopic (exact) mass is 367 g/mol. The van der Waals surface area contributed by atoms with Gasteiger partial charge in [0.2, 0.25) is 17.7 Å². The molecule has 6 heteroatoms. The van der Waals surface area contributed by atoms with Gasteiger partial charge in [-0.05, 0) is 56.4 Å². The van der Waals surface area contributed by atoms with E-state index in [1.807, 2.05) is 36.4 Å². The molecule has 2 saturated heterocycles. The molecule has 2 fully saturated rings. The van der Waals surface area contributed by atoms with E-state index in [9.17, 15) is 14.4 Å². The normalized spacial score (nSPS) is 24.9. The van der Waals surface area contributed by atoms with Crippen LogP contribution in [0.1, 0.15) is 32.1 Å². The highest BCUT2D eigenvalue weighted by Crippen LogP contribution is 2.34. The lowest BCUT2D eigenvalue weighted by atomic mass is 9.85. The highest BCUT2D eigenvalue weighted by Gasteiger charge is 2.47. The second kappa shape index (κ2) is 7.55. The van der Waals surface area contributed by atoms with Crippen LogP contribution in [0.4, 0.5) is 11.4 Å². The van der Waals surface area contributed by atoms with E-state index in [1.54, 1.807) is 0 Å². The molecule has 3 aliphatic rings. The highest BCUT2D eigenvalue weighted by atomic mass is 16.2. The number of hydrogen-bond acceptors (Lipinski definition) is 4. The first-order valence-electron chi connectivity index (χ1n) is 9.78. The van der Waals surface area contributed by atoms with Crippen LogP contribution in [0.3, 0.4) is 0 Å². The number of likely N-dealkylation sites (tertiary alicyclic amines) is 1. The molecule has 142 valence electrons. The van der Waals surface area contributed by atoms with Crippen LogP contribution in [-0.2, 0) is 14.4 Å². The van der Waals surface area contributed by atoms with Crippen molar-refractivity contribution in [3.8, 4) is 0 Å². The largest absolute Gasteiger partial charge is 0.372 e. The average molecular weight is 367 g/mol. The lowest BCUT2D eigenvalue weighted by Crippen LogP contribution is -2.38. The molecular weight excluding hydrogens is 342 g/mol. The zero-order valence-corrected chi connectivity index (χ0v) is 15.4. The van der Waals surface area contributed by atoms with Gasteiger partial charge in [0.15, 0.2) is 0 Å². The molecule has 2 atom stereocenters. The van der Waals surface area contributed by atoms with Crippen molar-refractivity contribution in [2.45, 2.75) is 32.1 Å². The minimum atomic E-state index is -0.339. The Labute approximate surface area is 159 Å². The quantitative estimate of drug-likeness (QED) is 0.656. The maximum Gasteiger partial charge on any atom is 0.244 e. The Bertz CT molecular complexity index is 739. The molecule has 1 N–H and O–H groups in total. The van der Waals surface area contributed by atoms with Gasteiger partial charge in [0.25, 0.3) is 0 Å². The van der Waals surface area contributed by atoms with Crippen molar-refractivity contribution in [1.82, 2.24) is 4.90 Å². The van der Waals surface area contributed by atoms with E-state index in [0.717, 1.165) is 23.7 Å². The third-order valence-electron chi connectivity index (χ3n) is 5.77. The number of carbonyl (C=O) groups is 3. The summed E-state index contributed by atoms with van der Waals surface area (Å²) in [5.74, 6) is -1.36. The Morgan fingerprint density at radius 3 is 2.11 bits per heavy atom. The molecule has 4 rings (SSSR count). The topological polar surface area (TPSA) is 69.7 Å². The molecule has 3 amide bonds. The summed E-state index contributed by atoms with van der Waals surface area (Å²) in [6, 6.07) is 7.76. The van der Waals surface area contributed by atoms with Gasteiger partial charge >= 0.3 is 0 Å². The molecule has 1 aromatic rings. The van der Waals surface area contributed by atoms with E-state index in [1.165, 1.54) is 19.3 Å². The number of hydrogen-bond donors (Lipinski definition) is 1. The summed E-state index contributed by atoms with van der Waals surface area (Å²) in [5, 5.41) is 2.80. The molecule has 6 nitrogen and oxygen atoms in total. The van der Waals surface area contributed by atoms with Crippen LogP contribution in [0.2, 0.25) is 0 Å². The summed E-state index contributed by atoms with van der Waals surface area (Å²) in [6.07, 6.45) is 8.79. The predicted octanol–water partition coefficient (Wildman–Crippen LogP) is 2.57. The molecule has 1 aromatic carbocycles. The van der Waals surface area contributed by atoms with Gasteiger partial charge in [-0.1, -0.05) is 12.2 Å². The SMILES string of the molecule is O=C(CN1C(=O)[C@@H]2CC=CC[C@H]2C1=O)Nc1ccc(N2CCCCC2)cc1. The van der Waals surface area contributed by atoms with Crippen LogP contribution in [0, 0.1) is 11.8 Å². The van der Waals surface area contributed by atoms with E-state index in [4.69, 9.17) is 0 Å². The maximum absolute atomic E-state index is 12.4. The molecule has 0 saturated carbocycles. The third-order valence-corrected chi connectivity index (χ3v) is 5.77. The summed E-state index contributed by atoms with van der Waals surface area (Å²) < 4.78 is 0. The smallest absolute Gasteiger partial charge is 0.244 e. The molecular formula is C21H25N3O3. The minimum absolute atomic E-state index is 0.210. The second-order valence-corrected chi connectivity index (χ2v) is 7.56. The van der Waals surface area contributed by atoms with Gasteiger partial charge in [-0.3, -0.25) is 19.3 Å².